The van der Waals surface area contributed by atoms with E-state index in [1.54, 1.807) is 7.11 Å². The first-order valence-electron chi connectivity index (χ1n) is 5.46. The maximum absolute atomic E-state index is 5.65. The normalized spacial score (nSPS) is 10.0. The second kappa shape index (κ2) is 5.39. The van der Waals surface area contributed by atoms with Gasteiger partial charge in [-0.25, -0.2) is 0 Å². The van der Waals surface area contributed by atoms with Crippen molar-refractivity contribution in [3.8, 4) is 11.5 Å². The molecule has 0 aromatic heterocycles. The van der Waals surface area contributed by atoms with Crippen LogP contribution in [0.1, 0.15) is 11.1 Å². The van der Waals surface area contributed by atoms with Crippen molar-refractivity contribution in [1.82, 2.24) is 0 Å². The third kappa shape index (κ3) is 3.25. The largest absolute Gasteiger partial charge is 0.497 e. The summed E-state index contributed by atoms with van der Waals surface area (Å²) in [6.07, 6.45) is 0. The second-order valence-corrected chi connectivity index (χ2v) is 3.78. The fourth-order valence-electron chi connectivity index (χ4n) is 1.47. The average molecular weight is 227 g/mol. The molecule has 2 aromatic carbocycles. The van der Waals surface area contributed by atoms with Gasteiger partial charge in [0.15, 0.2) is 0 Å². The molecule has 0 atom stereocenters. The Labute approximate surface area is 102 Å². The first-order valence-corrected chi connectivity index (χ1v) is 5.46. The molecule has 2 nitrogen and oxygen atoms in total. The highest BCUT2D eigenvalue weighted by atomic mass is 16.5. The van der Waals surface area contributed by atoms with Gasteiger partial charge in [0.25, 0.3) is 0 Å². The van der Waals surface area contributed by atoms with Gasteiger partial charge in [0.05, 0.1) is 7.11 Å². The summed E-state index contributed by atoms with van der Waals surface area (Å²) in [5, 5.41) is 0. The molecule has 0 bridgehead atoms. The van der Waals surface area contributed by atoms with Gasteiger partial charge in [-0.05, 0) is 42.3 Å². The van der Waals surface area contributed by atoms with E-state index in [1.165, 1.54) is 0 Å². The van der Waals surface area contributed by atoms with Crippen LogP contribution in [0.25, 0.3) is 0 Å². The Balaban J connectivity index is 1.95. The molecule has 0 aliphatic carbocycles. The summed E-state index contributed by atoms with van der Waals surface area (Å²) in [6.45, 7) is 4.39. The topological polar surface area (TPSA) is 18.5 Å². The minimum absolute atomic E-state index is 0.556. The predicted molar refractivity (Wildman–Crippen MR) is 68.2 cm³/mol. The number of hydrogen-bond donors (Lipinski definition) is 0. The van der Waals surface area contributed by atoms with Gasteiger partial charge in [0.2, 0.25) is 0 Å². The van der Waals surface area contributed by atoms with Crippen molar-refractivity contribution in [2.45, 2.75) is 6.61 Å². The molecule has 2 rings (SSSR count). The van der Waals surface area contributed by atoms with Crippen LogP contribution in [0.15, 0.2) is 48.5 Å². The SMILES string of the molecule is [CH2]c1ccc(OCc2ccc(OC)cc2)cc1. The van der Waals surface area contributed by atoms with Gasteiger partial charge in [-0.2, -0.15) is 0 Å². The third-order valence-electron chi connectivity index (χ3n) is 2.49. The molecule has 0 fully saturated rings. The van der Waals surface area contributed by atoms with E-state index >= 15 is 0 Å². The van der Waals surface area contributed by atoms with Gasteiger partial charge in [0, 0.05) is 0 Å². The summed E-state index contributed by atoms with van der Waals surface area (Å²) in [5.41, 5.74) is 2.10. The van der Waals surface area contributed by atoms with Gasteiger partial charge in [-0.1, -0.05) is 24.3 Å². The summed E-state index contributed by atoms with van der Waals surface area (Å²) in [4.78, 5) is 0. The van der Waals surface area contributed by atoms with Crippen LogP contribution < -0.4 is 9.47 Å². The quantitative estimate of drug-likeness (QED) is 0.796. The van der Waals surface area contributed by atoms with Crippen LogP contribution in [-0.4, -0.2) is 7.11 Å². The molecule has 1 radical (unpaired) electrons. The lowest BCUT2D eigenvalue weighted by atomic mass is 10.2. The van der Waals surface area contributed by atoms with Gasteiger partial charge in [-0.3, -0.25) is 0 Å². The van der Waals surface area contributed by atoms with Crippen LogP contribution >= 0.6 is 0 Å². The molecule has 0 heterocycles. The summed E-state index contributed by atoms with van der Waals surface area (Å²) >= 11 is 0. The van der Waals surface area contributed by atoms with Crippen molar-refractivity contribution in [3.05, 3.63) is 66.6 Å². The maximum atomic E-state index is 5.65. The van der Waals surface area contributed by atoms with E-state index in [-0.39, 0.29) is 0 Å². The number of hydrogen-bond acceptors (Lipinski definition) is 2. The third-order valence-corrected chi connectivity index (χ3v) is 2.49. The molecule has 0 spiro atoms. The molecule has 17 heavy (non-hydrogen) atoms. The minimum atomic E-state index is 0.556. The Morgan fingerprint density at radius 3 is 2.06 bits per heavy atom. The van der Waals surface area contributed by atoms with E-state index in [0.29, 0.717) is 6.61 Å². The van der Waals surface area contributed by atoms with Crippen LogP contribution in [0.5, 0.6) is 11.5 Å². The van der Waals surface area contributed by atoms with Crippen molar-refractivity contribution in [2.75, 3.05) is 7.11 Å². The van der Waals surface area contributed by atoms with E-state index in [9.17, 15) is 0 Å². The molecule has 0 saturated heterocycles. The van der Waals surface area contributed by atoms with Crippen molar-refractivity contribution in [1.29, 1.82) is 0 Å². The molecule has 0 unspecified atom stereocenters. The lowest BCUT2D eigenvalue weighted by Gasteiger charge is -2.07. The molecule has 2 heteroatoms. The summed E-state index contributed by atoms with van der Waals surface area (Å²) in [7, 11) is 1.66. The summed E-state index contributed by atoms with van der Waals surface area (Å²) < 4.78 is 10.7. The van der Waals surface area contributed by atoms with Gasteiger partial charge >= 0.3 is 0 Å². The van der Waals surface area contributed by atoms with Crippen LogP contribution in [0.4, 0.5) is 0 Å². The smallest absolute Gasteiger partial charge is 0.119 e. The number of ether oxygens (including phenoxy) is 2. The monoisotopic (exact) mass is 227 g/mol. The van der Waals surface area contributed by atoms with Gasteiger partial charge in [0.1, 0.15) is 18.1 Å². The molecule has 0 amide bonds. The van der Waals surface area contributed by atoms with E-state index < -0.39 is 0 Å². The molecule has 0 saturated carbocycles. The Bertz CT molecular complexity index is 457. The Kier molecular flexibility index (Phi) is 3.66. The fraction of sp³-hybridized carbons (Fsp3) is 0.133. The predicted octanol–water partition coefficient (Wildman–Crippen LogP) is 3.46. The molecular formula is C15H15O2. The zero-order valence-electron chi connectivity index (χ0n) is 9.85. The molecular weight excluding hydrogens is 212 g/mol. The van der Waals surface area contributed by atoms with Crippen LogP contribution in [0, 0.1) is 6.92 Å². The highest BCUT2D eigenvalue weighted by molar-refractivity contribution is 5.30. The highest BCUT2D eigenvalue weighted by Gasteiger charge is 1.96. The highest BCUT2D eigenvalue weighted by Crippen LogP contribution is 2.15. The number of benzene rings is 2. The molecule has 0 aliphatic rings. The van der Waals surface area contributed by atoms with E-state index in [0.717, 1.165) is 22.6 Å². The average Bonchev–Trinajstić information content (AvgIpc) is 2.39. The minimum Gasteiger partial charge on any atom is -0.497 e. The maximum Gasteiger partial charge on any atom is 0.119 e. The van der Waals surface area contributed by atoms with Crippen molar-refractivity contribution < 1.29 is 9.47 Å². The Hall–Kier alpha value is -1.96. The molecule has 0 N–H and O–H groups in total. The lowest BCUT2D eigenvalue weighted by Crippen LogP contribution is -1.95. The van der Waals surface area contributed by atoms with E-state index in [2.05, 4.69) is 6.92 Å². The summed E-state index contributed by atoms with van der Waals surface area (Å²) in [6, 6.07) is 15.6. The standard InChI is InChI=1S/C15H15O2/c1-12-3-7-15(8-4-12)17-11-13-5-9-14(16-2)10-6-13/h3-10H,1,11H2,2H3. The van der Waals surface area contributed by atoms with Crippen LogP contribution in [0.3, 0.4) is 0 Å². The van der Waals surface area contributed by atoms with Crippen molar-refractivity contribution in [3.63, 3.8) is 0 Å². The molecule has 0 aliphatic heterocycles. The van der Waals surface area contributed by atoms with Crippen molar-refractivity contribution in [2.24, 2.45) is 0 Å². The van der Waals surface area contributed by atoms with E-state index in [4.69, 9.17) is 9.47 Å². The van der Waals surface area contributed by atoms with Gasteiger partial charge < -0.3 is 9.47 Å². The number of methoxy groups -OCH3 is 1. The molecule has 2 aromatic rings. The van der Waals surface area contributed by atoms with E-state index in [1.807, 2.05) is 48.5 Å². The fourth-order valence-corrected chi connectivity index (χ4v) is 1.47. The van der Waals surface area contributed by atoms with Gasteiger partial charge in [-0.15, -0.1) is 0 Å². The second-order valence-electron chi connectivity index (χ2n) is 3.78. The van der Waals surface area contributed by atoms with Crippen molar-refractivity contribution >= 4 is 0 Å². The zero-order valence-corrected chi connectivity index (χ0v) is 9.85. The zero-order chi connectivity index (χ0) is 12.1. The van der Waals surface area contributed by atoms with Crippen LogP contribution in [0.2, 0.25) is 0 Å². The van der Waals surface area contributed by atoms with Crippen LogP contribution in [-0.2, 0) is 6.61 Å². The Morgan fingerprint density at radius 2 is 1.47 bits per heavy atom. The Morgan fingerprint density at radius 1 is 0.882 bits per heavy atom. The lowest BCUT2D eigenvalue weighted by molar-refractivity contribution is 0.306. The number of rotatable bonds is 4. The first-order chi connectivity index (χ1) is 8.28. The summed E-state index contributed by atoms with van der Waals surface area (Å²) in [5.74, 6) is 1.71. The first kappa shape index (κ1) is 11.5. The molecule has 87 valence electrons.